The molecule has 0 radical (unpaired) electrons. The van der Waals surface area contributed by atoms with Crippen molar-refractivity contribution in [3.05, 3.63) is 101 Å². The van der Waals surface area contributed by atoms with Crippen LogP contribution in [0, 0.1) is 12.7 Å². The van der Waals surface area contributed by atoms with E-state index in [4.69, 9.17) is 9.52 Å². The van der Waals surface area contributed by atoms with Gasteiger partial charge in [0, 0.05) is 11.0 Å². The monoisotopic (exact) mass is 546 g/mol. The third kappa shape index (κ3) is 5.63. The van der Waals surface area contributed by atoms with Crippen LogP contribution < -0.4 is 10.2 Å². The number of nitrogens with one attached hydrogen (secondary N) is 1. The molecule has 1 atom stereocenters. The van der Waals surface area contributed by atoms with Crippen LogP contribution in [-0.2, 0) is 21.5 Å². The Bertz CT molecular complexity index is 1510. The fraction of sp³-hybridized carbons (Fsp3) is 0.300. The van der Waals surface area contributed by atoms with Gasteiger partial charge < -0.3 is 9.73 Å². The molecule has 5 rings (SSSR count). The van der Waals surface area contributed by atoms with Crippen LogP contribution >= 0.6 is 11.8 Å². The van der Waals surface area contributed by atoms with E-state index in [9.17, 15) is 14.0 Å². The van der Waals surface area contributed by atoms with Crippen LogP contribution in [0.5, 0.6) is 0 Å². The summed E-state index contributed by atoms with van der Waals surface area (Å²) in [6, 6.07) is 17.9. The van der Waals surface area contributed by atoms with Gasteiger partial charge in [0.25, 0.3) is 0 Å². The Morgan fingerprint density at radius 3 is 2.64 bits per heavy atom. The van der Waals surface area contributed by atoms with Gasteiger partial charge >= 0.3 is 0 Å². The molecular weight excluding hydrogens is 515 g/mol. The minimum Gasteiger partial charge on any atom is -0.467 e. The summed E-state index contributed by atoms with van der Waals surface area (Å²) in [6.07, 6.45) is 1.55. The molecule has 0 saturated heterocycles. The zero-order valence-electron chi connectivity index (χ0n) is 22.4. The number of amides is 2. The molecule has 3 heterocycles. The zero-order valence-corrected chi connectivity index (χ0v) is 23.2. The maximum absolute atomic E-state index is 14.4. The number of furan rings is 1. The van der Waals surface area contributed by atoms with Crippen molar-refractivity contribution < 1.29 is 18.4 Å². The van der Waals surface area contributed by atoms with E-state index < -0.39 is 5.41 Å². The number of halogens is 1. The summed E-state index contributed by atoms with van der Waals surface area (Å²) in [6.45, 7) is 8.21. The Labute approximate surface area is 231 Å². The number of fused-ring (bicyclic) bond motifs is 1. The normalized spacial score (nSPS) is 15.7. The number of aryl methyl sites for hydroxylation is 1. The van der Waals surface area contributed by atoms with Crippen LogP contribution in [0.2, 0.25) is 0 Å². The third-order valence-electron chi connectivity index (χ3n) is 6.54. The number of aromatic nitrogens is 2. The molecule has 9 heteroatoms. The second-order valence-corrected chi connectivity index (χ2v) is 11.8. The van der Waals surface area contributed by atoms with Gasteiger partial charge in [-0.05, 0) is 54.4 Å². The zero-order chi connectivity index (χ0) is 27.7. The molecule has 2 aromatic heterocycles. The summed E-state index contributed by atoms with van der Waals surface area (Å²) in [5.41, 5.74) is 3.76. The largest absolute Gasteiger partial charge is 0.467 e. The molecule has 0 aliphatic carbocycles. The van der Waals surface area contributed by atoms with Crippen molar-refractivity contribution in [2.45, 2.75) is 44.9 Å². The average molecular weight is 547 g/mol. The maximum Gasteiger partial charge on any atom is 0.240 e. The molecule has 4 aromatic rings. The molecule has 1 aliphatic rings. The van der Waals surface area contributed by atoms with Gasteiger partial charge in [-0.1, -0.05) is 45.0 Å². The van der Waals surface area contributed by atoms with E-state index in [1.165, 1.54) is 28.8 Å². The highest BCUT2D eigenvalue weighted by Crippen LogP contribution is 2.48. The molecular formula is C30H31FN4O3S. The molecule has 0 bridgehead atoms. The first-order valence-electron chi connectivity index (χ1n) is 12.8. The van der Waals surface area contributed by atoms with E-state index in [0.717, 1.165) is 28.1 Å². The van der Waals surface area contributed by atoms with Crippen molar-refractivity contribution in [2.24, 2.45) is 0 Å². The van der Waals surface area contributed by atoms with Crippen molar-refractivity contribution in [1.82, 2.24) is 15.1 Å². The summed E-state index contributed by atoms with van der Waals surface area (Å²) in [4.78, 5) is 28.4. The van der Waals surface area contributed by atoms with Gasteiger partial charge in [-0.2, -0.15) is 5.10 Å². The minimum absolute atomic E-state index is 0.124. The van der Waals surface area contributed by atoms with E-state index in [0.29, 0.717) is 11.6 Å². The van der Waals surface area contributed by atoms with E-state index in [2.05, 4.69) is 26.1 Å². The van der Waals surface area contributed by atoms with Gasteiger partial charge in [0.05, 0.1) is 35.2 Å². The Hall–Kier alpha value is -3.85. The van der Waals surface area contributed by atoms with Crippen LogP contribution in [0.15, 0.2) is 71.3 Å². The fourth-order valence-electron chi connectivity index (χ4n) is 4.74. The van der Waals surface area contributed by atoms with Crippen molar-refractivity contribution in [3.8, 4) is 5.69 Å². The summed E-state index contributed by atoms with van der Waals surface area (Å²) >= 11 is 1.42. The quantitative estimate of drug-likeness (QED) is 0.336. The minimum atomic E-state index is -0.397. The number of thioether (sulfide) groups is 1. The summed E-state index contributed by atoms with van der Waals surface area (Å²) in [7, 11) is 0. The maximum atomic E-state index is 14.4. The van der Waals surface area contributed by atoms with Crippen molar-refractivity contribution in [3.63, 3.8) is 0 Å². The van der Waals surface area contributed by atoms with Crippen molar-refractivity contribution in [2.75, 3.05) is 17.2 Å². The molecule has 2 amide bonds. The van der Waals surface area contributed by atoms with E-state index in [-0.39, 0.29) is 41.7 Å². The number of anilines is 1. The number of carbonyl (C=O) groups excluding carboxylic acids is 2. The highest BCUT2D eigenvalue weighted by atomic mass is 32.2. The molecule has 39 heavy (non-hydrogen) atoms. The smallest absolute Gasteiger partial charge is 0.240 e. The topological polar surface area (TPSA) is 80.4 Å². The number of rotatable bonds is 6. The number of hydrogen-bond donors (Lipinski definition) is 1. The molecule has 0 fully saturated rings. The standard InChI is InChI=1S/C30H31FN4O3S/c1-19-8-5-11-22(14-19)35-29-26(28(33-35)30(2,3)4)27(20-9-6-10-21(31)15-20)39-18-25(37)34(29)17-24(36)32-16-23-12-7-13-38-23/h5-15,27H,16-18H2,1-4H3,(H,32,36). The van der Waals surface area contributed by atoms with E-state index >= 15 is 0 Å². The lowest BCUT2D eigenvalue weighted by Gasteiger charge is -2.24. The molecule has 202 valence electrons. The van der Waals surface area contributed by atoms with Gasteiger partial charge in [0.1, 0.15) is 23.9 Å². The number of nitrogens with zero attached hydrogens (tertiary/aromatic N) is 3. The van der Waals surface area contributed by atoms with Crippen molar-refractivity contribution >= 4 is 29.4 Å². The van der Waals surface area contributed by atoms with Gasteiger partial charge in [-0.25, -0.2) is 9.07 Å². The Kier molecular flexibility index (Phi) is 7.36. The summed E-state index contributed by atoms with van der Waals surface area (Å²) < 4.78 is 21.5. The first-order chi connectivity index (χ1) is 18.6. The second kappa shape index (κ2) is 10.7. The Morgan fingerprint density at radius 1 is 1.15 bits per heavy atom. The predicted octanol–water partition coefficient (Wildman–Crippen LogP) is 5.70. The molecule has 1 N–H and O–H groups in total. The van der Waals surface area contributed by atoms with Crippen LogP contribution in [0.1, 0.15) is 54.2 Å². The summed E-state index contributed by atoms with van der Waals surface area (Å²) in [5.74, 6) is 0.383. The van der Waals surface area contributed by atoms with E-state index in [1.54, 1.807) is 29.1 Å². The highest BCUT2D eigenvalue weighted by Gasteiger charge is 2.40. The van der Waals surface area contributed by atoms with Crippen LogP contribution in [0.4, 0.5) is 10.2 Å². The second-order valence-electron chi connectivity index (χ2n) is 10.7. The number of hydrogen-bond acceptors (Lipinski definition) is 5. The predicted molar refractivity (Wildman–Crippen MR) is 151 cm³/mol. The first-order valence-corrected chi connectivity index (χ1v) is 13.8. The molecule has 1 aliphatic heterocycles. The molecule has 2 aromatic carbocycles. The molecule has 7 nitrogen and oxygen atoms in total. The van der Waals surface area contributed by atoms with Crippen LogP contribution in [0.25, 0.3) is 5.69 Å². The van der Waals surface area contributed by atoms with E-state index in [1.807, 2.05) is 37.3 Å². The molecule has 0 saturated carbocycles. The Morgan fingerprint density at radius 2 is 1.95 bits per heavy atom. The molecule has 1 unspecified atom stereocenters. The third-order valence-corrected chi connectivity index (χ3v) is 7.79. The fourth-order valence-corrected chi connectivity index (χ4v) is 5.93. The number of benzene rings is 2. The van der Waals surface area contributed by atoms with Crippen molar-refractivity contribution in [1.29, 1.82) is 0 Å². The highest BCUT2D eigenvalue weighted by molar-refractivity contribution is 8.00. The van der Waals surface area contributed by atoms with Gasteiger partial charge in [-0.3, -0.25) is 14.5 Å². The Balaban J connectivity index is 1.68. The lowest BCUT2D eigenvalue weighted by atomic mass is 9.87. The van der Waals surface area contributed by atoms with Gasteiger partial charge in [0.2, 0.25) is 11.8 Å². The van der Waals surface area contributed by atoms with Gasteiger partial charge in [0.15, 0.2) is 0 Å². The summed E-state index contributed by atoms with van der Waals surface area (Å²) in [5, 5.41) is 7.55. The SMILES string of the molecule is Cc1cccc(-n2nc(C(C)(C)C)c3c2N(CC(=O)NCc2ccco2)C(=O)CSC3c2cccc(F)c2)c1. The molecule has 0 spiro atoms. The van der Waals surface area contributed by atoms with Crippen LogP contribution in [-0.4, -0.2) is 33.9 Å². The average Bonchev–Trinajstić information content (AvgIpc) is 3.52. The van der Waals surface area contributed by atoms with Gasteiger partial charge in [-0.15, -0.1) is 11.8 Å². The number of carbonyl (C=O) groups is 2. The lowest BCUT2D eigenvalue weighted by molar-refractivity contribution is -0.123. The van der Waals surface area contributed by atoms with Crippen LogP contribution in [0.3, 0.4) is 0 Å². The lowest BCUT2D eigenvalue weighted by Crippen LogP contribution is -2.42. The first kappa shape index (κ1) is 26.7.